The number of carbonyl (C=O) groups is 3. The van der Waals surface area contributed by atoms with Gasteiger partial charge in [-0.05, 0) is 24.3 Å². The molecule has 1 saturated heterocycles. The second kappa shape index (κ2) is 8.65. The first kappa shape index (κ1) is 19.0. The number of carbonyl (C=O) groups excluding carboxylic acids is 3. The monoisotopic (exact) mass is 347 g/mol. The molecule has 6 heteroatoms. The van der Waals surface area contributed by atoms with Crippen LogP contribution in [0.3, 0.4) is 0 Å². The van der Waals surface area contributed by atoms with Gasteiger partial charge in [0, 0.05) is 13.5 Å². The molecule has 1 amide bonds. The van der Waals surface area contributed by atoms with E-state index in [4.69, 9.17) is 9.47 Å². The molecular weight excluding hydrogens is 322 g/mol. The summed E-state index contributed by atoms with van der Waals surface area (Å²) in [5.41, 5.74) is 0.895. The van der Waals surface area contributed by atoms with E-state index in [1.165, 1.54) is 11.8 Å². The molecule has 136 valence electrons. The van der Waals surface area contributed by atoms with Crippen LogP contribution in [0.1, 0.15) is 39.2 Å². The number of hydrogen-bond donors (Lipinski definition) is 0. The standard InChI is InChI=1S/C19H25NO5/c1-13(2)17(25-14(3)21)18(22)20-11-7-10-16(20)19(23)24-12-15-8-5-4-6-9-15/h4-6,8-9,13,16-17H,7,10-12H2,1-3H3/t16-,17-/m1/s1. The lowest BCUT2D eigenvalue weighted by Gasteiger charge is -2.29. The van der Waals surface area contributed by atoms with Gasteiger partial charge < -0.3 is 14.4 Å². The van der Waals surface area contributed by atoms with Gasteiger partial charge in [-0.25, -0.2) is 4.79 Å². The van der Waals surface area contributed by atoms with Crippen LogP contribution < -0.4 is 0 Å². The van der Waals surface area contributed by atoms with Crippen LogP contribution in [0.25, 0.3) is 0 Å². The van der Waals surface area contributed by atoms with Crippen molar-refractivity contribution in [1.29, 1.82) is 0 Å². The van der Waals surface area contributed by atoms with E-state index in [0.717, 1.165) is 12.0 Å². The van der Waals surface area contributed by atoms with Gasteiger partial charge in [0.25, 0.3) is 5.91 Å². The van der Waals surface area contributed by atoms with Gasteiger partial charge in [-0.3, -0.25) is 9.59 Å². The molecule has 0 unspecified atom stereocenters. The van der Waals surface area contributed by atoms with E-state index in [9.17, 15) is 14.4 Å². The molecule has 6 nitrogen and oxygen atoms in total. The lowest BCUT2D eigenvalue weighted by atomic mass is 10.1. The molecule has 25 heavy (non-hydrogen) atoms. The summed E-state index contributed by atoms with van der Waals surface area (Å²) in [6.45, 7) is 5.54. The van der Waals surface area contributed by atoms with E-state index in [1.807, 2.05) is 44.2 Å². The van der Waals surface area contributed by atoms with Crippen LogP contribution in [0, 0.1) is 5.92 Å². The summed E-state index contributed by atoms with van der Waals surface area (Å²) >= 11 is 0. The number of likely N-dealkylation sites (tertiary alicyclic amines) is 1. The number of ether oxygens (including phenoxy) is 2. The van der Waals surface area contributed by atoms with Gasteiger partial charge in [0.15, 0.2) is 6.10 Å². The summed E-state index contributed by atoms with van der Waals surface area (Å²) in [6, 6.07) is 8.78. The average Bonchev–Trinajstić information content (AvgIpc) is 3.07. The normalized spacial score (nSPS) is 18.1. The minimum Gasteiger partial charge on any atom is -0.459 e. The highest BCUT2D eigenvalue weighted by Crippen LogP contribution is 2.23. The number of esters is 2. The van der Waals surface area contributed by atoms with Crippen LogP contribution >= 0.6 is 0 Å². The fourth-order valence-corrected chi connectivity index (χ4v) is 2.91. The molecule has 0 saturated carbocycles. The molecule has 1 aromatic rings. The maximum atomic E-state index is 12.8. The highest BCUT2D eigenvalue weighted by molar-refractivity contribution is 5.89. The van der Waals surface area contributed by atoms with Crippen molar-refractivity contribution >= 4 is 17.8 Å². The van der Waals surface area contributed by atoms with Crippen LogP contribution in [0.5, 0.6) is 0 Å². The second-order valence-electron chi connectivity index (χ2n) is 6.56. The van der Waals surface area contributed by atoms with Gasteiger partial charge in [0.2, 0.25) is 0 Å². The van der Waals surface area contributed by atoms with Crippen molar-refractivity contribution in [3.05, 3.63) is 35.9 Å². The number of amides is 1. The number of benzene rings is 1. The fraction of sp³-hybridized carbons (Fsp3) is 0.526. The number of hydrogen-bond acceptors (Lipinski definition) is 5. The summed E-state index contributed by atoms with van der Waals surface area (Å²) in [7, 11) is 0. The molecule has 0 bridgehead atoms. The predicted octanol–water partition coefficient (Wildman–Crippen LogP) is 2.31. The lowest BCUT2D eigenvalue weighted by Crippen LogP contribution is -2.48. The molecule has 0 spiro atoms. The van der Waals surface area contributed by atoms with Crippen LogP contribution in [-0.4, -0.2) is 41.4 Å². The molecule has 0 aliphatic carbocycles. The molecule has 1 fully saturated rings. The average molecular weight is 347 g/mol. The van der Waals surface area contributed by atoms with Crippen LogP contribution in [-0.2, 0) is 30.5 Å². The summed E-state index contributed by atoms with van der Waals surface area (Å²) in [5, 5.41) is 0. The molecule has 0 N–H and O–H groups in total. The molecule has 1 aromatic carbocycles. The zero-order valence-corrected chi connectivity index (χ0v) is 14.9. The first-order valence-electron chi connectivity index (χ1n) is 8.58. The Balaban J connectivity index is 2.01. The van der Waals surface area contributed by atoms with Crippen LogP contribution in [0.2, 0.25) is 0 Å². The minimum atomic E-state index is -0.875. The first-order valence-corrected chi connectivity index (χ1v) is 8.58. The molecule has 1 aliphatic heterocycles. The van der Waals surface area contributed by atoms with E-state index >= 15 is 0 Å². The van der Waals surface area contributed by atoms with Crippen molar-refractivity contribution in [2.24, 2.45) is 5.92 Å². The van der Waals surface area contributed by atoms with Crippen molar-refractivity contribution < 1.29 is 23.9 Å². The Morgan fingerprint density at radius 2 is 1.88 bits per heavy atom. The number of nitrogens with zero attached hydrogens (tertiary/aromatic N) is 1. The van der Waals surface area contributed by atoms with E-state index < -0.39 is 24.1 Å². The largest absolute Gasteiger partial charge is 0.459 e. The Morgan fingerprint density at radius 1 is 1.20 bits per heavy atom. The highest BCUT2D eigenvalue weighted by Gasteiger charge is 2.40. The molecular formula is C19H25NO5. The molecule has 1 aliphatic rings. The lowest BCUT2D eigenvalue weighted by molar-refractivity contribution is -0.165. The van der Waals surface area contributed by atoms with Crippen LogP contribution in [0.4, 0.5) is 0 Å². The maximum absolute atomic E-state index is 12.8. The highest BCUT2D eigenvalue weighted by atomic mass is 16.5. The number of rotatable bonds is 6. The molecule has 2 rings (SSSR count). The summed E-state index contributed by atoms with van der Waals surface area (Å²) in [4.78, 5) is 37.9. The van der Waals surface area contributed by atoms with Gasteiger partial charge in [-0.1, -0.05) is 44.2 Å². The van der Waals surface area contributed by atoms with Crippen molar-refractivity contribution in [2.45, 2.75) is 52.4 Å². The first-order chi connectivity index (χ1) is 11.9. The third-order valence-electron chi connectivity index (χ3n) is 4.17. The van der Waals surface area contributed by atoms with Crippen molar-refractivity contribution in [1.82, 2.24) is 4.90 Å². The van der Waals surface area contributed by atoms with Crippen molar-refractivity contribution in [3.63, 3.8) is 0 Å². The van der Waals surface area contributed by atoms with E-state index in [1.54, 1.807) is 0 Å². The van der Waals surface area contributed by atoms with E-state index in [-0.39, 0.29) is 18.4 Å². The summed E-state index contributed by atoms with van der Waals surface area (Å²) in [5.74, 6) is -1.42. The predicted molar refractivity (Wildman–Crippen MR) is 91.4 cm³/mol. The SMILES string of the molecule is CC(=O)O[C@@H](C(=O)N1CCC[C@@H]1C(=O)OCc1ccccc1)C(C)C. The third kappa shape index (κ3) is 5.05. The maximum Gasteiger partial charge on any atom is 0.329 e. The summed E-state index contributed by atoms with van der Waals surface area (Å²) < 4.78 is 10.5. The Hall–Kier alpha value is -2.37. The topological polar surface area (TPSA) is 72.9 Å². The van der Waals surface area contributed by atoms with Gasteiger partial charge >= 0.3 is 11.9 Å². The Kier molecular flexibility index (Phi) is 6.56. The van der Waals surface area contributed by atoms with Gasteiger partial charge in [0.1, 0.15) is 12.6 Å². The zero-order chi connectivity index (χ0) is 18.4. The van der Waals surface area contributed by atoms with Gasteiger partial charge in [0.05, 0.1) is 0 Å². The zero-order valence-electron chi connectivity index (χ0n) is 14.9. The van der Waals surface area contributed by atoms with E-state index in [2.05, 4.69) is 0 Å². The minimum absolute atomic E-state index is 0.169. The van der Waals surface area contributed by atoms with Crippen molar-refractivity contribution in [3.8, 4) is 0 Å². The Morgan fingerprint density at radius 3 is 2.48 bits per heavy atom. The molecule has 0 radical (unpaired) electrons. The van der Waals surface area contributed by atoms with E-state index in [0.29, 0.717) is 13.0 Å². The van der Waals surface area contributed by atoms with Gasteiger partial charge in [-0.15, -0.1) is 0 Å². The fourth-order valence-electron chi connectivity index (χ4n) is 2.91. The second-order valence-corrected chi connectivity index (χ2v) is 6.56. The molecule has 0 aromatic heterocycles. The third-order valence-corrected chi connectivity index (χ3v) is 4.17. The van der Waals surface area contributed by atoms with Gasteiger partial charge in [-0.2, -0.15) is 0 Å². The Bertz CT molecular complexity index is 614. The molecule has 1 heterocycles. The summed E-state index contributed by atoms with van der Waals surface area (Å²) in [6.07, 6.45) is 0.409. The Labute approximate surface area is 148 Å². The van der Waals surface area contributed by atoms with Crippen LogP contribution in [0.15, 0.2) is 30.3 Å². The smallest absolute Gasteiger partial charge is 0.329 e. The quantitative estimate of drug-likeness (QED) is 0.739. The van der Waals surface area contributed by atoms with Crippen molar-refractivity contribution in [2.75, 3.05) is 6.54 Å². The molecule has 2 atom stereocenters.